The predicted molar refractivity (Wildman–Crippen MR) is 201 cm³/mol. The number of carbonyl (C=O) groups excluding carboxylic acids is 2. The lowest BCUT2D eigenvalue weighted by molar-refractivity contribution is 0.0644. The topological polar surface area (TPSA) is 59.1 Å². The van der Waals surface area contributed by atoms with Crippen LogP contribution in [0, 0.1) is 11.8 Å². The van der Waals surface area contributed by atoms with Gasteiger partial charge in [-0.1, -0.05) is 88.4 Å². The van der Waals surface area contributed by atoms with E-state index in [1.54, 1.807) is 0 Å². The van der Waals surface area contributed by atoms with Crippen LogP contribution in [0.1, 0.15) is 72.4 Å². The van der Waals surface area contributed by atoms with Crippen LogP contribution in [0.3, 0.4) is 0 Å². The van der Waals surface area contributed by atoms with E-state index >= 15 is 0 Å². The fourth-order valence-electron chi connectivity index (χ4n) is 5.03. The monoisotopic (exact) mass is 776 g/mol. The second-order valence-electron chi connectivity index (χ2n) is 12.8. The molecule has 0 spiro atoms. The van der Waals surface area contributed by atoms with Crippen molar-refractivity contribution in [3.05, 3.63) is 128 Å². The highest BCUT2D eigenvalue weighted by Gasteiger charge is 2.23. The number of amides is 2. The van der Waals surface area contributed by atoms with Gasteiger partial charge in [-0.3, -0.25) is 9.59 Å². The molecule has 0 N–H and O–H groups in total. The summed E-state index contributed by atoms with van der Waals surface area (Å²) in [5.74, 6) is 2.27. The van der Waals surface area contributed by atoms with Crippen LogP contribution in [0.5, 0.6) is 11.5 Å². The Morgan fingerprint density at radius 2 is 0.958 bits per heavy atom. The standard InChI is InChI=1S/C40H46Br2N2O4/c1-29(2)19-23-47-37-17-15-33(25-35(37)41)39(45)43(27-31-11-7-5-8-12-31)21-22-44(28-32-13-9-6-10-14-32)40(46)34-16-18-38(36(42)26-34)48-24-20-30(3)4/h5-18,25-26,29-30H,19-24,27-28H2,1-4H3. The third-order valence-electron chi connectivity index (χ3n) is 7.91. The van der Waals surface area contributed by atoms with E-state index in [4.69, 9.17) is 9.47 Å². The molecule has 0 bridgehead atoms. The Labute approximate surface area is 302 Å². The molecule has 0 fully saturated rings. The van der Waals surface area contributed by atoms with Crippen LogP contribution in [-0.2, 0) is 13.1 Å². The van der Waals surface area contributed by atoms with E-state index in [9.17, 15) is 9.59 Å². The summed E-state index contributed by atoms with van der Waals surface area (Å²) in [6.07, 6.45) is 1.90. The molecule has 0 aliphatic rings. The van der Waals surface area contributed by atoms with Crippen LogP contribution in [-0.4, -0.2) is 47.9 Å². The van der Waals surface area contributed by atoms with Crippen molar-refractivity contribution in [1.29, 1.82) is 0 Å². The minimum absolute atomic E-state index is 0.119. The number of hydrogen-bond donors (Lipinski definition) is 0. The molecule has 0 saturated carbocycles. The van der Waals surface area contributed by atoms with Gasteiger partial charge in [-0.25, -0.2) is 0 Å². The third-order valence-corrected chi connectivity index (χ3v) is 9.15. The van der Waals surface area contributed by atoms with Crippen LogP contribution >= 0.6 is 31.9 Å². The number of hydrogen-bond acceptors (Lipinski definition) is 4. The van der Waals surface area contributed by atoms with E-state index in [1.165, 1.54) is 0 Å². The van der Waals surface area contributed by atoms with Crippen molar-refractivity contribution in [3.63, 3.8) is 0 Å². The second-order valence-corrected chi connectivity index (χ2v) is 14.5. The molecular weight excluding hydrogens is 732 g/mol. The van der Waals surface area contributed by atoms with E-state index < -0.39 is 0 Å². The Hall–Kier alpha value is -3.62. The zero-order chi connectivity index (χ0) is 34.5. The Bertz CT molecular complexity index is 1490. The highest BCUT2D eigenvalue weighted by atomic mass is 79.9. The van der Waals surface area contributed by atoms with Crippen LogP contribution in [0.2, 0.25) is 0 Å². The summed E-state index contributed by atoms with van der Waals surface area (Å²) in [7, 11) is 0. The lowest BCUT2D eigenvalue weighted by Gasteiger charge is -2.29. The molecule has 254 valence electrons. The molecule has 0 saturated heterocycles. The fourth-order valence-corrected chi connectivity index (χ4v) is 6.02. The SMILES string of the molecule is CC(C)CCOc1ccc(C(=O)N(CCN(Cc2ccccc2)C(=O)c2ccc(OCCC(C)C)c(Br)c2)Cc2ccccc2)cc1Br. The van der Waals surface area contributed by atoms with Gasteiger partial charge in [0.05, 0.1) is 22.2 Å². The van der Waals surface area contributed by atoms with Gasteiger partial charge in [-0.05, 0) is 104 Å². The van der Waals surface area contributed by atoms with Gasteiger partial charge in [-0.15, -0.1) is 0 Å². The number of benzene rings is 4. The average Bonchev–Trinajstić information content (AvgIpc) is 3.07. The molecule has 0 aliphatic carbocycles. The summed E-state index contributed by atoms with van der Waals surface area (Å²) in [5, 5.41) is 0. The molecule has 4 aromatic carbocycles. The Morgan fingerprint density at radius 3 is 1.29 bits per heavy atom. The normalized spacial score (nSPS) is 11.1. The maximum absolute atomic E-state index is 14.1. The highest BCUT2D eigenvalue weighted by molar-refractivity contribution is 9.11. The molecule has 0 heterocycles. The number of rotatable bonds is 17. The van der Waals surface area contributed by atoms with Gasteiger partial charge in [0.25, 0.3) is 11.8 Å². The highest BCUT2D eigenvalue weighted by Crippen LogP contribution is 2.29. The average molecular weight is 779 g/mol. The van der Waals surface area contributed by atoms with E-state index in [2.05, 4.69) is 59.6 Å². The maximum atomic E-state index is 14.1. The molecule has 0 aliphatic heterocycles. The molecule has 8 heteroatoms. The molecule has 4 rings (SSSR count). The second kappa shape index (κ2) is 18.8. The van der Waals surface area contributed by atoms with Crippen molar-refractivity contribution in [2.24, 2.45) is 11.8 Å². The molecule has 0 aromatic heterocycles. The van der Waals surface area contributed by atoms with Gasteiger partial charge in [0.15, 0.2) is 0 Å². The van der Waals surface area contributed by atoms with Crippen molar-refractivity contribution < 1.29 is 19.1 Å². The molecule has 0 unspecified atom stereocenters. The number of nitrogens with zero attached hydrogens (tertiary/aromatic N) is 2. The molecule has 2 amide bonds. The van der Waals surface area contributed by atoms with Gasteiger partial charge in [0, 0.05) is 37.3 Å². The summed E-state index contributed by atoms with van der Waals surface area (Å²) in [6, 6.07) is 30.8. The Balaban J connectivity index is 1.56. The minimum atomic E-state index is -0.119. The Morgan fingerprint density at radius 1 is 0.583 bits per heavy atom. The van der Waals surface area contributed by atoms with Gasteiger partial charge in [0.2, 0.25) is 0 Å². The van der Waals surface area contributed by atoms with E-state index in [-0.39, 0.29) is 11.8 Å². The molecule has 0 radical (unpaired) electrons. The summed E-state index contributed by atoms with van der Waals surface area (Å²) in [5.41, 5.74) is 3.12. The first-order chi connectivity index (χ1) is 23.1. The quantitative estimate of drug-likeness (QED) is 0.107. The summed E-state index contributed by atoms with van der Waals surface area (Å²) in [4.78, 5) is 31.8. The molecule has 48 heavy (non-hydrogen) atoms. The third kappa shape index (κ3) is 11.5. The predicted octanol–water partition coefficient (Wildman–Crippen LogP) is 10.0. The maximum Gasteiger partial charge on any atom is 0.254 e. The lowest BCUT2D eigenvalue weighted by Crippen LogP contribution is -2.40. The van der Waals surface area contributed by atoms with Crippen LogP contribution in [0.4, 0.5) is 0 Å². The van der Waals surface area contributed by atoms with Gasteiger partial charge >= 0.3 is 0 Å². The van der Waals surface area contributed by atoms with Crippen molar-refractivity contribution in [2.75, 3.05) is 26.3 Å². The molecule has 4 aromatic rings. The summed E-state index contributed by atoms with van der Waals surface area (Å²) < 4.78 is 13.4. The van der Waals surface area contributed by atoms with Gasteiger partial charge in [0.1, 0.15) is 11.5 Å². The molecule has 0 atom stereocenters. The van der Waals surface area contributed by atoms with E-state index in [0.29, 0.717) is 73.9 Å². The van der Waals surface area contributed by atoms with Gasteiger partial charge in [-0.2, -0.15) is 0 Å². The van der Waals surface area contributed by atoms with Crippen molar-refractivity contribution in [1.82, 2.24) is 9.80 Å². The number of carbonyl (C=O) groups is 2. The smallest absolute Gasteiger partial charge is 0.254 e. The molecular formula is C40H46Br2N2O4. The Kier molecular flexibility index (Phi) is 14.6. The zero-order valence-corrected chi connectivity index (χ0v) is 31.5. The van der Waals surface area contributed by atoms with E-state index in [1.807, 2.05) is 107 Å². The van der Waals surface area contributed by atoms with Crippen LogP contribution in [0.25, 0.3) is 0 Å². The van der Waals surface area contributed by atoms with Crippen molar-refractivity contribution in [2.45, 2.75) is 53.6 Å². The summed E-state index contributed by atoms with van der Waals surface area (Å²) in [6.45, 7) is 11.4. The van der Waals surface area contributed by atoms with Crippen LogP contribution in [0.15, 0.2) is 106 Å². The molecule has 6 nitrogen and oxygen atoms in total. The first-order valence-corrected chi connectivity index (χ1v) is 18.2. The number of ether oxygens (including phenoxy) is 2. The van der Waals surface area contributed by atoms with Crippen molar-refractivity contribution in [3.8, 4) is 11.5 Å². The van der Waals surface area contributed by atoms with Crippen LogP contribution < -0.4 is 9.47 Å². The van der Waals surface area contributed by atoms with Gasteiger partial charge < -0.3 is 19.3 Å². The van der Waals surface area contributed by atoms with E-state index in [0.717, 1.165) is 32.9 Å². The summed E-state index contributed by atoms with van der Waals surface area (Å²) >= 11 is 7.22. The lowest BCUT2D eigenvalue weighted by atomic mass is 10.1. The fraction of sp³-hybridized carbons (Fsp3) is 0.350. The zero-order valence-electron chi connectivity index (χ0n) is 28.3. The number of halogens is 2. The largest absolute Gasteiger partial charge is 0.492 e. The first-order valence-electron chi connectivity index (χ1n) is 16.6. The van der Waals surface area contributed by atoms with Crippen molar-refractivity contribution >= 4 is 43.7 Å². The first kappa shape index (κ1) is 37.2. The minimum Gasteiger partial charge on any atom is -0.492 e.